The zero-order valence-electron chi connectivity index (χ0n) is 10.3. The Bertz CT molecular complexity index is 391. The second-order valence-electron chi connectivity index (χ2n) is 3.87. The van der Waals surface area contributed by atoms with Gasteiger partial charge in [-0.05, 0) is 0 Å². The van der Waals surface area contributed by atoms with Gasteiger partial charge < -0.3 is 15.4 Å². The zero-order valence-corrected chi connectivity index (χ0v) is 11.1. The van der Waals surface area contributed by atoms with Gasteiger partial charge in [0.25, 0.3) is 5.91 Å². The Kier molecular flexibility index (Phi) is 4.85. The molecule has 0 radical (unpaired) electrons. The molecular formula is C10H17N5O2S. The Morgan fingerprint density at radius 3 is 2.89 bits per heavy atom. The van der Waals surface area contributed by atoms with Crippen LogP contribution in [0.5, 0.6) is 0 Å². The molecule has 100 valence electrons. The van der Waals surface area contributed by atoms with Crippen molar-refractivity contribution in [3.05, 3.63) is 5.01 Å². The summed E-state index contributed by atoms with van der Waals surface area (Å²) < 4.78 is 5.26. The molecule has 0 spiro atoms. The van der Waals surface area contributed by atoms with Gasteiger partial charge in [-0.1, -0.05) is 11.3 Å². The number of rotatable bonds is 5. The van der Waals surface area contributed by atoms with E-state index in [-0.39, 0.29) is 5.91 Å². The number of amides is 1. The molecule has 0 unspecified atom stereocenters. The summed E-state index contributed by atoms with van der Waals surface area (Å²) in [5.41, 5.74) is 0. The van der Waals surface area contributed by atoms with Gasteiger partial charge in [-0.3, -0.25) is 9.69 Å². The summed E-state index contributed by atoms with van der Waals surface area (Å²) in [6, 6.07) is 0. The van der Waals surface area contributed by atoms with E-state index in [9.17, 15) is 4.79 Å². The average Bonchev–Trinajstić information content (AvgIpc) is 2.89. The Balaban J connectivity index is 1.70. The molecule has 2 N–H and O–H groups in total. The minimum absolute atomic E-state index is 0.165. The van der Waals surface area contributed by atoms with Crippen molar-refractivity contribution >= 4 is 22.4 Å². The SMILES string of the molecule is CNc1nnc(C(=O)NCCN2CCOCC2)s1. The van der Waals surface area contributed by atoms with Crippen LogP contribution in [0.4, 0.5) is 5.13 Å². The van der Waals surface area contributed by atoms with Crippen LogP contribution < -0.4 is 10.6 Å². The Hall–Kier alpha value is -1.25. The summed E-state index contributed by atoms with van der Waals surface area (Å²) >= 11 is 1.25. The molecule has 0 atom stereocenters. The number of carbonyl (C=O) groups excluding carboxylic acids is 1. The lowest BCUT2D eigenvalue weighted by molar-refractivity contribution is 0.0383. The maximum Gasteiger partial charge on any atom is 0.282 e. The highest BCUT2D eigenvalue weighted by Crippen LogP contribution is 2.13. The van der Waals surface area contributed by atoms with E-state index in [1.807, 2.05) is 0 Å². The third-order valence-electron chi connectivity index (χ3n) is 2.65. The van der Waals surface area contributed by atoms with Crippen LogP contribution in [0.2, 0.25) is 0 Å². The van der Waals surface area contributed by atoms with Crippen LogP contribution in [0.15, 0.2) is 0 Å². The molecule has 0 saturated carbocycles. The Morgan fingerprint density at radius 2 is 2.22 bits per heavy atom. The smallest absolute Gasteiger partial charge is 0.282 e. The van der Waals surface area contributed by atoms with E-state index in [0.717, 1.165) is 32.8 Å². The van der Waals surface area contributed by atoms with Crippen molar-refractivity contribution in [2.45, 2.75) is 0 Å². The molecule has 2 heterocycles. The summed E-state index contributed by atoms with van der Waals surface area (Å²) in [4.78, 5) is 14.0. The first-order valence-corrected chi connectivity index (χ1v) is 6.71. The fourth-order valence-electron chi connectivity index (χ4n) is 1.64. The van der Waals surface area contributed by atoms with Gasteiger partial charge in [0, 0.05) is 33.2 Å². The van der Waals surface area contributed by atoms with E-state index in [1.165, 1.54) is 11.3 Å². The molecule has 1 saturated heterocycles. The first kappa shape index (κ1) is 13.2. The molecule has 1 aromatic rings. The molecule has 1 amide bonds. The molecule has 0 aromatic carbocycles. The molecule has 1 aliphatic rings. The van der Waals surface area contributed by atoms with Crippen LogP contribution in [-0.4, -0.2) is 67.4 Å². The van der Waals surface area contributed by atoms with Crippen molar-refractivity contribution in [2.24, 2.45) is 0 Å². The number of anilines is 1. The van der Waals surface area contributed by atoms with Crippen molar-refractivity contribution in [3.8, 4) is 0 Å². The normalized spacial score (nSPS) is 16.5. The van der Waals surface area contributed by atoms with Gasteiger partial charge in [0.1, 0.15) is 0 Å². The van der Waals surface area contributed by atoms with E-state index in [1.54, 1.807) is 7.05 Å². The number of carbonyl (C=O) groups is 1. The van der Waals surface area contributed by atoms with E-state index >= 15 is 0 Å². The fraction of sp³-hybridized carbons (Fsp3) is 0.700. The van der Waals surface area contributed by atoms with Gasteiger partial charge >= 0.3 is 0 Å². The van der Waals surface area contributed by atoms with Gasteiger partial charge in [0.05, 0.1) is 13.2 Å². The highest BCUT2D eigenvalue weighted by molar-refractivity contribution is 7.17. The maximum absolute atomic E-state index is 11.7. The molecule has 0 bridgehead atoms. The predicted molar refractivity (Wildman–Crippen MR) is 69.0 cm³/mol. The maximum atomic E-state index is 11.7. The number of nitrogens with one attached hydrogen (secondary N) is 2. The summed E-state index contributed by atoms with van der Waals surface area (Å²) in [6.45, 7) is 4.86. The second kappa shape index (κ2) is 6.62. The van der Waals surface area contributed by atoms with Crippen LogP contribution in [0.25, 0.3) is 0 Å². The molecule has 2 rings (SSSR count). The van der Waals surface area contributed by atoms with E-state index in [2.05, 4.69) is 25.7 Å². The highest BCUT2D eigenvalue weighted by atomic mass is 32.1. The van der Waals surface area contributed by atoms with Crippen LogP contribution in [0.3, 0.4) is 0 Å². The molecular weight excluding hydrogens is 254 g/mol. The van der Waals surface area contributed by atoms with Crippen LogP contribution in [0, 0.1) is 0 Å². The van der Waals surface area contributed by atoms with Crippen molar-refractivity contribution in [1.82, 2.24) is 20.4 Å². The quantitative estimate of drug-likeness (QED) is 0.761. The van der Waals surface area contributed by atoms with Crippen LogP contribution in [-0.2, 0) is 4.74 Å². The summed E-state index contributed by atoms with van der Waals surface area (Å²) in [5.74, 6) is -0.165. The lowest BCUT2D eigenvalue weighted by atomic mass is 10.4. The van der Waals surface area contributed by atoms with E-state index in [0.29, 0.717) is 16.7 Å². The largest absolute Gasteiger partial charge is 0.379 e. The summed E-state index contributed by atoms with van der Waals surface area (Å²) in [5, 5.41) is 14.4. The highest BCUT2D eigenvalue weighted by Gasteiger charge is 2.13. The van der Waals surface area contributed by atoms with E-state index in [4.69, 9.17) is 4.74 Å². The van der Waals surface area contributed by atoms with Crippen LogP contribution >= 0.6 is 11.3 Å². The lowest BCUT2D eigenvalue weighted by Crippen LogP contribution is -2.41. The predicted octanol–water partition coefficient (Wildman–Crippen LogP) is -0.358. The first-order chi connectivity index (χ1) is 8.79. The third-order valence-corrected chi connectivity index (χ3v) is 3.59. The molecule has 1 fully saturated rings. The van der Waals surface area contributed by atoms with Gasteiger partial charge in [0.15, 0.2) is 0 Å². The fourth-order valence-corrected chi connectivity index (χ4v) is 2.26. The number of hydrogen-bond donors (Lipinski definition) is 2. The molecule has 1 aliphatic heterocycles. The Labute approximate surface area is 110 Å². The van der Waals surface area contributed by atoms with Gasteiger partial charge in [-0.15, -0.1) is 10.2 Å². The molecule has 7 nitrogen and oxygen atoms in total. The second-order valence-corrected chi connectivity index (χ2v) is 4.85. The molecule has 0 aliphatic carbocycles. The van der Waals surface area contributed by atoms with Crippen molar-refractivity contribution < 1.29 is 9.53 Å². The number of aromatic nitrogens is 2. The monoisotopic (exact) mass is 271 g/mol. The number of morpholine rings is 1. The Morgan fingerprint density at radius 1 is 1.44 bits per heavy atom. The zero-order chi connectivity index (χ0) is 12.8. The van der Waals surface area contributed by atoms with E-state index < -0.39 is 0 Å². The topological polar surface area (TPSA) is 79.4 Å². The van der Waals surface area contributed by atoms with Gasteiger partial charge in [-0.25, -0.2) is 0 Å². The first-order valence-electron chi connectivity index (χ1n) is 5.89. The van der Waals surface area contributed by atoms with Gasteiger partial charge in [-0.2, -0.15) is 0 Å². The number of hydrogen-bond acceptors (Lipinski definition) is 7. The van der Waals surface area contributed by atoms with Crippen molar-refractivity contribution in [2.75, 3.05) is 51.8 Å². The number of ether oxygens (including phenoxy) is 1. The summed E-state index contributed by atoms with van der Waals surface area (Å²) in [7, 11) is 1.75. The van der Waals surface area contributed by atoms with Crippen LogP contribution in [0.1, 0.15) is 9.80 Å². The average molecular weight is 271 g/mol. The minimum atomic E-state index is -0.165. The van der Waals surface area contributed by atoms with Gasteiger partial charge in [0.2, 0.25) is 10.1 Å². The molecule has 18 heavy (non-hydrogen) atoms. The van der Waals surface area contributed by atoms with Crippen molar-refractivity contribution in [3.63, 3.8) is 0 Å². The number of nitrogens with zero attached hydrogens (tertiary/aromatic N) is 3. The standard InChI is InChI=1S/C10H17N5O2S/c1-11-10-14-13-9(18-10)8(16)12-2-3-15-4-6-17-7-5-15/h2-7H2,1H3,(H,11,14)(H,12,16). The minimum Gasteiger partial charge on any atom is -0.379 e. The third kappa shape index (κ3) is 3.62. The molecule has 8 heteroatoms. The summed E-state index contributed by atoms with van der Waals surface area (Å²) in [6.07, 6.45) is 0. The lowest BCUT2D eigenvalue weighted by Gasteiger charge is -2.26. The molecule has 1 aromatic heterocycles. The van der Waals surface area contributed by atoms with Crippen molar-refractivity contribution in [1.29, 1.82) is 0 Å².